The van der Waals surface area contributed by atoms with E-state index in [0.717, 1.165) is 5.39 Å². The van der Waals surface area contributed by atoms with Gasteiger partial charge in [0.15, 0.2) is 0 Å². The summed E-state index contributed by atoms with van der Waals surface area (Å²) in [5.41, 5.74) is 2.79. The molecule has 2 amide bonds. The largest absolute Gasteiger partial charge is 0.507 e. The first-order chi connectivity index (χ1) is 14.5. The van der Waals surface area contributed by atoms with Gasteiger partial charge in [-0.15, -0.1) is 0 Å². The summed E-state index contributed by atoms with van der Waals surface area (Å²) in [6, 6.07) is 19.4. The van der Waals surface area contributed by atoms with Gasteiger partial charge in [0, 0.05) is 28.6 Å². The summed E-state index contributed by atoms with van der Waals surface area (Å²) in [6.07, 6.45) is 1.28. The van der Waals surface area contributed by atoms with E-state index in [1.54, 1.807) is 55.5 Å². The van der Waals surface area contributed by atoms with Gasteiger partial charge in [-0.1, -0.05) is 61.5 Å². The molecule has 3 rings (SSSR count). The number of ether oxygens (including phenoxy) is 1. The topological polar surface area (TPSA) is 108 Å². The van der Waals surface area contributed by atoms with Gasteiger partial charge in [0.1, 0.15) is 11.9 Å². The van der Waals surface area contributed by atoms with Crippen LogP contribution in [0.25, 0.3) is 10.8 Å². The van der Waals surface area contributed by atoms with Gasteiger partial charge >= 0.3 is 6.09 Å². The SMILES string of the molecule is C[C@H](/C=C/C(=O)NO)[C@@H](OC(=O)Nc1ccccc1)c1ccc(O)c2ccccc12. The highest BCUT2D eigenvalue weighted by Gasteiger charge is 2.25. The summed E-state index contributed by atoms with van der Waals surface area (Å²) in [5, 5.41) is 22.9. The van der Waals surface area contributed by atoms with Gasteiger partial charge in [-0.05, 0) is 23.6 Å². The van der Waals surface area contributed by atoms with Crippen molar-refractivity contribution in [3.8, 4) is 5.75 Å². The summed E-state index contributed by atoms with van der Waals surface area (Å²) in [7, 11) is 0. The Hall–Kier alpha value is -3.84. The third kappa shape index (κ3) is 4.95. The number of phenols is 1. The molecule has 4 N–H and O–H groups in total. The Bertz CT molecular complexity index is 1070. The van der Waals surface area contributed by atoms with Crippen molar-refractivity contribution >= 4 is 28.5 Å². The fourth-order valence-corrected chi connectivity index (χ4v) is 3.17. The molecular weight excluding hydrogens is 384 g/mol. The van der Waals surface area contributed by atoms with Crippen LogP contribution in [0.1, 0.15) is 18.6 Å². The molecule has 30 heavy (non-hydrogen) atoms. The van der Waals surface area contributed by atoms with E-state index in [1.807, 2.05) is 18.2 Å². The number of nitrogens with one attached hydrogen (secondary N) is 2. The molecule has 0 aliphatic heterocycles. The minimum absolute atomic E-state index is 0.115. The van der Waals surface area contributed by atoms with E-state index in [9.17, 15) is 14.7 Å². The number of para-hydroxylation sites is 1. The maximum absolute atomic E-state index is 12.6. The number of fused-ring (bicyclic) bond motifs is 1. The predicted molar refractivity (Wildman–Crippen MR) is 113 cm³/mol. The third-order valence-electron chi connectivity index (χ3n) is 4.63. The van der Waals surface area contributed by atoms with E-state index in [0.29, 0.717) is 16.6 Å². The summed E-state index contributed by atoms with van der Waals surface area (Å²) in [5.74, 6) is -0.994. The number of amides is 2. The zero-order valence-electron chi connectivity index (χ0n) is 16.3. The quantitative estimate of drug-likeness (QED) is 0.273. The van der Waals surface area contributed by atoms with Crippen molar-refractivity contribution < 1.29 is 24.6 Å². The molecular formula is C23H22N2O5. The summed E-state index contributed by atoms with van der Waals surface area (Å²) in [4.78, 5) is 24.0. The van der Waals surface area contributed by atoms with Crippen LogP contribution in [0, 0.1) is 5.92 Å². The molecule has 0 saturated carbocycles. The van der Waals surface area contributed by atoms with Crippen molar-refractivity contribution in [1.82, 2.24) is 5.48 Å². The minimum Gasteiger partial charge on any atom is -0.507 e. The normalized spacial score (nSPS) is 13.0. The maximum atomic E-state index is 12.6. The first kappa shape index (κ1) is 20.9. The fraction of sp³-hybridized carbons (Fsp3) is 0.130. The summed E-state index contributed by atoms with van der Waals surface area (Å²) in [6.45, 7) is 1.78. The molecule has 0 aliphatic carbocycles. The molecule has 0 aliphatic rings. The van der Waals surface area contributed by atoms with Crippen LogP contribution in [0.3, 0.4) is 0 Å². The molecule has 0 bridgehead atoms. The van der Waals surface area contributed by atoms with Gasteiger partial charge in [0.25, 0.3) is 5.91 Å². The lowest BCUT2D eigenvalue weighted by molar-refractivity contribution is -0.124. The van der Waals surface area contributed by atoms with Crippen molar-refractivity contribution in [3.05, 3.63) is 84.4 Å². The lowest BCUT2D eigenvalue weighted by atomic mass is 9.92. The lowest BCUT2D eigenvalue weighted by Gasteiger charge is -2.24. The van der Waals surface area contributed by atoms with E-state index in [4.69, 9.17) is 9.94 Å². The summed E-state index contributed by atoms with van der Waals surface area (Å²) >= 11 is 0. The molecule has 0 saturated heterocycles. The second-order valence-corrected chi connectivity index (χ2v) is 6.73. The van der Waals surface area contributed by atoms with Crippen LogP contribution < -0.4 is 10.8 Å². The second-order valence-electron chi connectivity index (χ2n) is 6.73. The Labute approximate surface area is 173 Å². The minimum atomic E-state index is -0.762. The highest BCUT2D eigenvalue weighted by molar-refractivity contribution is 5.92. The lowest BCUT2D eigenvalue weighted by Crippen LogP contribution is -2.22. The number of carbonyl (C=O) groups excluding carboxylic acids is 2. The van der Waals surface area contributed by atoms with E-state index in [2.05, 4.69) is 5.32 Å². The molecule has 0 spiro atoms. The van der Waals surface area contributed by atoms with Crippen molar-refractivity contribution in [1.29, 1.82) is 0 Å². The number of carbonyl (C=O) groups is 2. The van der Waals surface area contributed by atoms with Gasteiger partial charge in [0.05, 0.1) is 0 Å². The van der Waals surface area contributed by atoms with Crippen LogP contribution in [-0.2, 0) is 9.53 Å². The Morgan fingerprint density at radius 1 is 0.967 bits per heavy atom. The van der Waals surface area contributed by atoms with Crippen LogP contribution in [0.4, 0.5) is 10.5 Å². The van der Waals surface area contributed by atoms with Crippen LogP contribution >= 0.6 is 0 Å². The van der Waals surface area contributed by atoms with E-state index in [1.165, 1.54) is 17.6 Å². The van der Waals surface area contributed by atoms with Crippen LogP contribution in [0.15, 0.2) is 78.9 Å². The van der Waals surface area contributed by atoms with Crippen molar-refractivity contribution in [2.45, 2.75) is 13.0 Å². The smallest absolute Gasteiger partial charge is 0.412 e. The molecule has 0 heterocycles. The number of anilines is 1. The van der Waals surface area contributed by atoms with Gasteiger partial charge in [-0.25, -0.2) is 10.3 Å². The zero-order valence-corrected chi connectivity index (χ0v) is 16.3. The van der Waals surface area contributed by atoms with E-state index in [-0.39, 0.29) is 5.75 Å². The molecule has 154 valence electrons. The molecule has 0 fully saturated rings. The monoisotopic (exact) mass is 406 g/mol. The number of hydroxylamine groups is 1. The van der Waals surface area contributed by atoms with Crippen LogP contribution in [-0.4, -0.2) is 22.3 Å². The highest BCUT2D eigenvalue weighted by Crippen LogP contribution is 2.36. The number of aromatic hydroxyl groups is 1. The van der Waals surface area contributed by atoms with Crippen molar-refractivity contribution in [2.24, 2.45) is 5.92 Å². The van der Waals surface area contributed by atoms with E-state index >= 15 is 0 Å². The number of benzene rings is 3. The third-order valence-corrected chi connectivity index (χ3v) is 4.63. The zero-order chi connectivity index (χ0) is 21.5. The molecule has 3 aromatic carbocycles. The average molecular weight is 406 g/mol. The first-order valence-electron chi connectivity index (χ1n) is 9.35. The summed E-state index contributed by atoms with van der Waals surface area (Å²) < 4.78 is 5.74. The second kappa shape index (κ2) is 9.58. The van der Waals surface area contributed by atoms with Crippen molar-refractivity contribution in [3.63, 3.8) is 0 Å². The van der Waals surface area contributed by atoms with Crippen LogP contribution in [0.2, 0.25) is 0 Å². The Morgan fingerprint density at radius 2 is 1.63 bits per heavy atom. The molecule has 3 aromatic rings. The first-order valence-corrected chi connectivity index (χ1v) is 9.35. The Morgan fingerprint density at radius 3 is 2.33 bits per heavy atom. The number of hydrogen-bond acceptors (Lipinski definition) is 5. The number of phenolic OH excluding ortho intramolecular Hbond substituents is 1. The molecule has 0 radical (unpaired) electrons. The highest BCUT2D eigenvalue weighted by atomic mass is 16.6. The van der Waals surface area contributed by atoms with Crippen molar-refractivity contribution in [2.75, 3.05) is 5.32 Å². The number of hydrogen-bond donors (Lipinski definition) is 4. The maximum Gasteiger partial charge on any atom is 0.412 e. The molecule has 7 heteroatoms. The standard InChI is InChI=1S/C23H22N2O5/c1-15(11-14-21(27)25-29)22(30-23(28)24-16-7-3-2-4-8-16)19-12-13-20(26)18-10-6-5-9-17(18)19/h2-15,22,26,29H,1H3,(H,24,28)(H,25,27)/b14-11+/t15-,22-/m1/s1. The molecule has 2 atom stereocenters. The van der Waals surface area contributed by atoms with Gasteiger partial charge in [-0.3, -0.25) is 15.3 Å². The van der Waals surface area contributed by atoms with Crippen LogP contribution in [0.5, 0.6) is 5.75 Å². The van der Waals surface area contributed by atoms with Gasteiger partial charge < -0.3 is 9.84 Å². The Balaban J connectivity index is 1.96. The molecule has 0 aromatic heterocycles. The molecule has 7 nitrogen and oxygen atoms in total. The molecule has 0 unspecified atom stereocenters. The fourth-order valence-electron chi connectivity index (χ4n) is 3.17. The average Bonchev–Trinajstić information content (AvgIpc) is 2.77. The predicted octanol–water partition coefficient (Wildman–Crippen LogP) is 4.53. The van der Waals surface area contributed by atoms with E-state index < -0.39 is 24.0 Å². The van der Waals surface area contributed by atoms with Gasteiger partial charge in [0.2, 0.25) is 0 Å². The van der Waals surface area contributed by atoms with Gasteiger partial charge in [-0.2, -0.15) is 0 Å². The Kier molecular flexibility index (Phi) is 6.67. The number of rotatable bonds is 6.